The number of anilines is 1. The maximum absolute atomic E-state index is 13.5. The second-order valence-electron chi connectivity index (χ2n) is 8.17. The van der Waals surface area contributed by atoms with Gasteiger partial charge in [0.2, 0.25) is 16.9 Å². The number of nitrogens with zero attached hydrogens (tertiary/aromatic N) is 6. The number of carbonyl (C=O) groups excluding carboxylic acids is 1. The van der Waals surface area contributed by atoms with Crippen molar-refractivity contribution in [1.29, 1.82) is 0 Å². The first kappa shape index (κ1) is 23.7. The van der Waals surface area contributed by atoms with Gasteiger partial charge in [-0.05, 0) is 48.2 Å². The van der Waals surface area contributed by atoms with Crippen molar-refractivity contribution in [2.45, 2.75) is 10.1 Å². The largest absolute Gasteiger partial charge is 0.437 e. The van der Waals surface area contributed by atoms with Crippen LogP contribution in [0.4, 0.5) is 9.52 Å². The van der Waals surface area contributed by atoms with Crippen molar-refractivity contribution in [3.63, 3.8) is 0 Å². The molecule has 2 aromatic carbocycles. The quantitative estimate of drug-likeness (QED) is 0.329. The van der Waals surface area contributed by atoms with E-state index in [1.807, 2.05) is 18.2 Å². The van der Waals surface area contributed by atoms with Crippen LogP contribution >= 0.6 is 23.1 Å². The molecule has 13 heteroatoms. The first-order chi connectivity index (χ1) is 18.1. The minimum atomic E-state index is -0.391. The number of carbonyl (C=O) groups is 1. The fourth-order valence-corrected chi connectivity index (χ4v) is 5.59. The number of hydrogen-bond donors (Lipinski definition) is 1. The molecule has 5 aromatic rings. The third-order valence-corrected chi connectivity index (χ3v) is 7.37. The number of ether oxygens (including phenoxy) is 2. The molecule has 0 unspecified atom stereocenters. The average Bonchev–Trinajstić information content (AvgIpc) is 3.47. The highest BCUT2D eigenvalue weighted by Gasteiger charge is 2.16. The van der Waals surface area contributed by atoms with Crippen LogP contribution in [-0.4, -0.2) is 68.5 Å². The molecular weight excluding hydrogens is 517 g/mol. The van der Waals surface area contributed by atoms with Crippen LogP contribution in [0.1, 0.15) is 0 Å². The summed E-state index contributed by atoms with van der Waals surface area (Å²) >= 11 is 2.80. The fraction of sp³-hybridized carbons (Fsp3) is 0.208. The van der Waals surface area contributed by atoms with Gasteiger partial charge >= 0.3 is 0 Å². The van der Waals surface area contributed by atoms with E-state index in [0.717, 1.165) is 28.2 Å². The molecule has 1 aliphatic rings. The summed E-state index contributed by atoms with van der Waals surface area (Å²) in [4.78, 5) is 19.9. The molecule has 0 saturated carbocycles. The molecule has 0 aliphatic carbocycles. The lowest BCUT2D eigenvalue weighted by atomic mass is 10.3. The van der Waals surface area contributed by atoms with Crippen LogP contribution < -0.4 is 10.1 Å². The predicted molar refractivity (Wildman–Crippen MR) is 137 cm³/mol. The zero-order chi connectivity index (χ0) is 25.2. The summed E-state index contributed by atoms with van der Waals surface area (Å²) in [5, 5.41) is 16.9. The highest BCUT2D eigenvalue weighted by Crippen LogP contribution is 2.33. The third kappa shape index (κ3) is 5.54. The van der Waals surface area contributed by atoms with Gasteiger partial charge < -0.3 is 14.8 Å². The summed E-state index contributed by atoms with van der Waals surface area (Å²) in [5.74, 6) is 0.151. The van der Waals surface area contributed by atoms with Crippen molar-refractivity contribution >= 4 is 50.0 Å². The van der Waals surface area contributed by atoms with Crippen molar-refractivity contribution in [2.75, 3.05) is 38.2 Å². The Morgan fingerprint density at radius 2 is 2.03 bits per heavy atom. The van der Waals surface area contributed by atoms with Crippen molar-refractivity contribution in [1.82, 2.24) is 29.7 Å². The number of amides is 1. The molecule has 37 heavy (non-hydrogen) atoms. The first-order valence-corrected chi connectivity index (χ1v) is 13.1. The molecule has 10 nitrogen and oxygen atoms in total. The molecular formula is C24H20FN7O3S2. The van der Waals surface area contributed by atoms with Gasteiger partial charge in [-0.3, -0.25) is 9.69 Å². The number of thiazole rings is 1. The molecule has 0 radical (unpaired) electrons. The van der Waals surface area contributed by atoms with Crippen LogP contribution in [0.3, 0.4) is 0 Å². The number of morpholine rings is 1. The minimum absolute atomic E-state index is 0.0900. The Hall–Kier alpha value is -3.65. The fourth-order valence-electron chi connectivity index (χ4n) is 3.77. The second-order valence-corrected chi connectivity index (χ2v) is 10.2. The smallest absolute Gasteiger partial charge is 0.240 e. The molecule has 0 spiro atoms. The van der Waals surface area contributed by atoms with Gasteiger partial charge in [-0.25, -0.2) is 9.37 Å². The summed E-state index contributed by atoms with van der Waals surface area (Å²) in [6, 6.07) is 15.1. The van der Waals surface area contributed by atoms with Crippen LogP contribution in [0.25, 0.3) is 15.9 Å². The normalized spacial score (nSPS) is 14.3. The Morgan fingerprint density at radius 3 is 2.89 bits per heavy atom. The molecule has 6 rings (SSSR count). The molecule has 1 N–H and O–H groups in total. The maximum atomic E-state index is 13.5. The van der Waals surface area contributed by atoms with E-state index in [0.29, 0.717) is 41.4 Å². The summed E-state index contributed by atoms with van der Waals surface area (Å²) in [5.41, 5.74) is 1.35. The van der Waals surface area contributed by atoms with Crippen LogP contribution in [0.2, 0.25) is 0 Å². The zero-order valence-electron chi connectivity index (χ0n) is 19.3. The lowest BCUT2D eigenvalue weighted by Gasteiger charge is -2.25. The van der Waals surface area contributed by atoms with E-state index in [2.05, 4.69) is 30.5 Å². The molecule has 3 aromatic heterocycles. The van der Waals surface area contributed by atoms with Gasteiger partial charge in [0.1, 0.15) is 11.6 Å². The molecule has 188 valence electrons. The SMILES string of the molecule is O=C(CN1CCOCC1)Nc1nc2ccc(Sc3nnc4ccc(Oc5cccc(F)c5)nn34)cc2s1. The van der Waals surface area contributed by atoms with E-state index in [-0.39, 0.29) is 11.8 Å². The van der Waals surface area contributed by atoms with Gasteiger partial charge in [-0.15, -0.1) is 15.3 Å². The van der Waals surface area contributed by atoms with Gasteiger partial charge in [0.25, 0.3) is 0 Å². The van der Waals surface area contributed by atoms with Crippen molar-refractivity contribution in [3.8, 4) is 11.6 Å². The molecule has 4 heterocycles. The molecule has 1 saturated heterocycles. The number of fused-ring (bicyclic) bond motifs is 2. The number of aromatic nitrogens is 5. The monoisotopic (exact) mass is 537 g/mol. The maximum Gasteiger partial charge on any atom is 0.240 e. The second kappa shape index (κ2) is 10.4. The van der Waals surface area contributed by atoms with Crippen molar-refractivity contribution < 1.29 is 18.7 Å². The Kier molecular flexibility index (Phi) is 6.66. The van der Waals surface area contributed by atoms with E-state index in [1.54, 1.807) is 28.8 Å². The lowest BCUT2D eigenvalue weighted by Crippen LogP contribution is -2.41. The van der Waals surface area contributed by atoms with E-state index in [1.165, 1.54) is 35.2 Å². The van der Waals surface area contributed by atoms with E-state index in [9.17, 15) is 9.18 Å². The number of benzene rings is 2. The van der Waals surface area contributed by atoms with Crippen LogP contribution in [0.15, 0.2) is 64.6 Å². The minimum Gasteiger partial charge on any atom is -0.437 e. The molecule has 1 aliphatic heterocycles. The van der Waals surface area contributed by atoms with Gasteiger partial charge in [0.15, 0.2) is 10.8 Å². The topological polar surface area (TPSA) is 107 Å². The van der Waals surface area contributed by atoms with Gasteiger partial charge in [0, 0.05) is 30.1 Å². The van der Waals surface area contributed by atoms with Gasteiger partial charge in [-0.2, -0.15) is 4.52 Å². The van der Waals surface area contributed by atoms with E-state index in [4.69, 9.17) is 9.47 Å². The molecule has 0 bridgehead atoms. The lowest BCUT2D eigenvalue weighted by molar-refractivity contribution is -0.118. The van der Waals surface area contributed by atoms with Gasteiger partial charge in [0.05, 0.1) is 30.0 Å². The highest BCUT2D eigenvalue weighted by molar-refractivity contribution is 7.99. The highest BCUT2D eigenvalue weighted by atomic mass is 32.2. The van der Waals surface area contributed by atoms with E-state index < -0.39 is 5.82 Å². The molecule has 1 fully saturated rings. The number of nitrogens with one attached hydrogen (secondary N) is 1. The van der Waals surface area contributed by atoms with Crippen molar-refractivity contribution in [3.05, 3.63) is 60.4 Å². The third-order valence-electron chi connectivity index (χ3n) is 5.51. The Morgan fingerprint density at radius 1 is 1.14 bits per heavy atom. The molecule has 0 atom stereocenters. The van der Waals surface area contributed by atoms with Crippen LogP contribution in [0, 0.1) is 5.82 Å². The Bertz CT molecular complexity index is 1590. The summed E-state index contributed by atoms with van der Waals surface area (Å²) < 4.78 is 27.0. The standard InChI is InChI=1S/C24H20FN7O3S2/c25-15-2-1-3-16(12-15)35-22-7-6-20-28-29-24(32(20)30-22)36-17-4-5-18-19(13-17)37-23(26-18)27-21(33)14-31-8-10-34-11-9-31/h1-7,12-13H,8-11,14H2,(H,26,27,33). The Labute approximate surface area is 218 Å². The summed E-state index contributed by atoms with van der Waals surface area (Å²) in [6.07, 6.45) is 0. The molecule has 1 amide bonds. The number of halogens is 1. The van der Waals surface area contributed by atoms with Crippen LogP contribution in [0.5, 0.6) is 11.6 Å². The first-order valence-electron chi connectivity index (χ1n) is 11.4. The van der Waals surface area contributed by atoms with E-state index >= 15 is 0 Å². The van der Waals surface area contributed by atoms with Crippen LogP contribution in [-0.2, 0) is 9.53 Å². The number of hydrogen-bond acceptors (Lipinski definition) is 10. The predicted octanol–water partition coefficient (Wildman–Crippen LogP) is 4.09. The summed E-state index contributed by atoms with van der Waals surface area (Å²) in [6.45, 7) is 3.11. The van der Waals surface area contributed by atoms with Gasteiger partial charge in [-0.1, -0.05) is 17.4 Å². The van der Waals surface area contributed by atoms with Crippen molar-refractivity contribution in [2.24, 2.45) is 0 Å². The zero-order valence-corrected chi connectivity index (χ0v) is 21.0. The number of rotatable bonds is 7. The average molecular weight is 538 g/mol. The summed E-state index contributed by atoms with van der Waals surface area (Å²) in [7, 11) is 0. The Balaban J connectivity index is 1.17.